The summed E-state index contributed by atoms with van der Waals surface area (Å²) in [5, 5.41) is 15.2. The van der Waals surface area contributed by atoms with Crippen molar-refractivity contribution in [3.63, 3.8) is 0 Å². The van der Waals surface area contributed by atoms with Crippen LogP contribution in [0.1, 0.15) is 37.6 Å². The van der Waals surface area contributed by atoms with E-state index in [9.17, 15) is 5.11 Å². The second-order valence-electron chi connectivity index (χ2n) is 5.95. The van der Waals surface area contributed by atoms with Crippen molar-refractivity contribution in [1.82, 2.24) is 5.32 Å². The summed E-state index contributed by atoms with van der Waals surface area (Å²) in [4.78, 5) is 1.47. The molecule has 1 aromatic rings. The van der Waals surface area contributed by atoms with Crippen LogP contribution in [0, 0.1) is 0 Å². The first-order valence-electron chi connectivity index (χ1n) is 6.61. The van der Waals surface area contributed by atoms with E-state index in [0.29, 0.717) is 13.2 Å². The van der Waals surface area contributed by atoms with Gasteiger partial charge in [0.15, 0.2) is 0 Å². The molecule has 1 heterocycles. The van der Waals surface area contributed by atoms with Crippen molar-refractivity contribution >= 4 is 11.3 Å². The molecule has 0 aromatic carbocycles. The topological polar surface area (TPSA) is 41.5 Å². The minimum atomic E-state index is -0.457. The molecule has 0 saturated carbocycles. The highest BCUT2D eigenvalue weighted by Gasteiger charge is 2.19. The van der Waals surface area contributed by atoms with Gasteiger partial charge in [-0.1, -0.05) is 0 Å². The van der Waals surface area contributed by atoms with E-state index in [4.69, 9.17) is 4.74 Å². The summed E-state index contributed by atoms with van der Waals surface area (Å²) < 4.78 is 5.74. The zero-order valence-electron chi connectivity index (χ0n) is 11.5. The second kappa shape index (κ2) is 5.59. The first-order valence-corrected chi connectivity index (χ1v) is 7.49. The molecule has 0 bridgehead atoms. The van der Waals surface area contributed by atoms with Gasteiger partial charge in [0.25, 0.3) is 0 Å². The largest absolute Gasteiger partial charge is 0.490 e. The van der Waals surface area contributed by atoms with Crippen LogP contribution in [0.15, 0.2) is 5.38 Å². The summed E-state index contributed by atoms with van der Waals surface area (Å²) >= 11 is 1.79. The maximum atomic E-state index is 9.88. The van der Waals surface area contributed by atoms with Gasteiger partial charge in [0.1, 0.15) is 18.5 Å². The van der Waals surface area contributed by atoms with Gasteiger partial charge in [-0.15, -0.1) is 11.3 Å². The molecule has 2 N–H and O–H groups in total. The number of hydrogen-bond donors (Lipinski definition) is 2. The van der Waals surface area contributed by atoms with E-state index in [1.807, 2.05) is 0 Å². The SMILES string of the molecule is CC(C)(C)NCC(O)COc1csc2c1CCC2. The third-order valence-electron chi connectivity index (χ3n) is 3.07. The third-order valence-corrected chi connectivity index (χ3v) is 4.14. The Morgan fingerprint density at radius 2 is 2.22 bits per heavy atom. The Hall–Kier alpha value is -0.580. The quantitative estimate of drug-likeness (QED) is 0.862. The minimum absolute atomic E-state index is 0.0323. The Bertz CT molecular complexity index is 395. The minimum Gasteiger partial charge on any atom is -0.490 e. The summed E-state index contributed by atoms with van der Waals surface area (Å²) in [5.74, 6) is 0.988. The average Bonchev–Trinajstić information content (AvgIpc) is 2.85. The monoisotopic (exact) mass is 269 g/mol. The molecular formula is C14H23NO2S. The van der Waals surface area contributed by atoms with Crippen LogP contribution in [-0.2, 0) is 12.8 Å². The van der Waals surface area contributed by atoms with Crippen LogP contribution in [0.3, 0.4) is 0 Å². The van der Waals surface area contributed by atoms with Crippen molar-refractivity contribution in [2.45, 2.75) is 51.7 Å². The van der Waals surface area contributed by atoms with Crippen LogP contribution in [0.25, 0.3) is 0 Å². The van der Waals surface area contributed by atoms with E-state index >= 15 is 0 Å². The van der Waals surface area contributed by atoms with Gasteiger partial charge in [-0.05, 0) is 40.0 Å². The number of ether oxygens (including phenoxy) is 1. The Labute approximate surface area is 113 Å². The molecule has 2 rings (SSSR count). The fraction of sp³-hybridized carbons (Fsp3) is 0.714. The Balaban J connectivity index is 1.77. The van der Waals surface area contributed by atoms with E-state index in [-0.39, 0.29) is 5.54 Å². The molecule has 0 fully saturated rings. The van der Waals surface area contributed by atoms with Crippen LogP contribution in [0.2, 0.25) is 0 Å². The number of nitrogens with one attached hydrogen (secondary N) is 1. The normalized spacial score (nSPS) is 16.7. The molecule has 0 radical (unpaired) electrons. The predicted octanol–water partition coefficient (Wildman–Crippen LogP) is 2.36. The third kappa shape index (κ3) is 3.70. The molecule has 3 nitrogen and oxygen atoms in total. The number of thiophene rings is 1. The standard InChI is InChI=1S/C14H23NO2S/c1-14(2,3)15-7-10(16)8-17-12-9-18-13-6-4-5-11(12)13/h9-10,15-16H,4-8H2,1-3H3. The molecule has 1 unspecified atom stereocenters. The molecule has 4 heteroatoms. The van der Waals surface area contributed by atoms with Gasteiger partial charge in [-0.3, -0.25) is 0 Å². The lowest BCUT2D eigenvalue weighted by Gasteiger charge is -2.22. The Kier molecular flexibility index (Phi) is 4.30. The van der Waals surface area contributed by atoms with Crippen LogP contribution in [0.4, 0.5) is 0 Å². The number of rotatable bonds is 5. The molecule has 1 atom stereocenters. The van der Waals surface area contributed by atoms with Gasteiger partial charge >= 0.3 is 0 Å². The molecule has 0 spiro atoms. The number of aryl methyl sites for hydroxylation is 1. The van der Waals surface area contributed by atoms with Gasteiger partial charge in [0, 0.05) is 27.9 Å². The molecule has 18 heavy (non-hydrogen) atoms. The zero-order chi connectivity index (χ0) is 13.2. The predicted molar refractivity (Wildman–Crippen MR) is 75.6 cm³/mol. The fourth-order valence-electron chi connectivity index (χ4n) is 2.09. The van der Waals surface area contributed by atoms with Gasteiger partial charge < -0.3 is 15.2 Å². The van der Waals surface area contributed by atoms with E-state index in [0.717, 1.165) is 12.2 Å². The van der Waals surface area contributed by atoms with Gasteiger partial charge in [-0.2, -0.15) is 0 Å². The van der Waals surface area contributed by atoms with Crippen LogP contribution < -0.4 is 10.1 Å². The molecule has 0 saturated heterocycles. The van der Waals surface area contributed by atoms with Crippen LogP contribution in [-0.4, -0.2) is 29.9 Å². The molecule has 1 aromatic heterocycles. The van der Waals surface area contributed by atoms with Crippen molar-refractivity contribution in [3.05, 3.63) is 15.8 Å². The maximum Gasteiger partial charge on any atom is 0.133 e. The average molecular weight is 269 g/mol. The van der Waals surface area contributed by atoms with Gasteiger partial charge in [-0.25, -0.2) is 0 Å². The highest BCUT2D eigenvalue weighted by molar-refractivity contribution is 7.10. The maximum absolute atomic E-state index is 9.88. The van der Waals surface area contributed by atoms with E-state index in [1.165, 1.54) is 23.3 Å². The van der Waals surface area contributed by atoms with Crippen molar-refractivity contribution in [3.8, 4) is 5.75 Å². The fourth-order valence-corrected chi connectivity index (χ4v) is 3.16. The van der Waals surface area contributed by atoms with Crippen molar-refractivity contribution in [2.75, 3.05) is 13.2 Å². The molecule has 102 valence electrons. The second-order valence-corrected chi connectivity index (χ2v) is 6.92. The van der Waals surface area contributed by atoms with E-state index < -0.39 is 6.10 Å². The highest BCUT2D eigenvalue weighted by atomic mass is 32.1. The van der Waals surface area contributed by atoms with Crippen LogP contribution >= 0.6 is 11.3 Å². The first-order chi connectivity index (χ1) is 8.46. The molecule has 1 aliphatic carbocycles. The molecular weight excluding hydrogens is 246 g/mol. The number of aliphatic hydroxyl groups excluding tert-OH is 1. The summed E-state index contributed by atoms with van der Waals surface area (Å²) in [6.07, 6.45) is 3.11. The summed E-state index contributed by atoms with van der Waals surface area (Å²) in [5.41, 5.74) is 1.40. The first kappa shape index (κ1) is 13.8. The summed E-state index contributed by atoms with van der Waals surface area (Å²) in [6, 6.07) is 0. The number of hydrogen-bond acceptors (Lipinski definition) is 4. The molecule has 1 aliphatic rings. The number of fused-ring (bicyclic) bond motifs is 1. The number of β-amino-alcohol motifs (C(OH)–C–C–N with tert-alkyl or cyclic N) is 1. The van der Waals surface area contributed by atoms with Gasteiger partial charge in [0.05, 0.1) is 0 Å². The molecule has 0 aliphatic heterocycles. The summed E-state index contributed by atoms with van der Waals surface area (Å²) in [6.45, 7) is 7.20. The van der Waals surface area contributed by atoms with Crippen molar-refractivity contribution in [1.29, 1.82) is 0 Å². The van der Waals surface area contributed by atoms with Crippen molar-refractivity contribution in [2.24, 2.45) is 0 Å². The number of aliphatic hydroxyl groups is 1. The van der Waals surface area contributed by atoms with Gasteiger partial charge in [0.2, 0.25) is 0 Å². The lowest BCUT2D eigenvalue weighted by atomic mass is 10.1. The summed E-state index contributed by atoms with van der Waals surface area (Å²) in [7, 11) is 0. The lowest BCUT2D eigenvalue weighted by molar-refractivity contribution is 0.0998. The highest BCUT2D eigenvalue weighted by Crippen LogP contribution is 2.36. The van der Waals surface area contributed by atoms with E-state index in [1.54, 1.807) is 11.3 Å². The Morgan fingerprint density at radius 1 is 1.44 bits per heavy atom. The smallest absolute Gasteiger partial charge is 0.133 e. The van der Waals surface area contributed by atoms with E-state index in [2.05, 4.69) is 31.5 Å². The van der Waals surface area contributed by atoms with Crippen LogP contribution in [0.5, 0.6) is 5.75 Å². The Morgan fingerprint density at radius 3 is 2.94 bits per heavy atom. The lowest BCUT2D eigenvalue weighted by Crippen LogP contribution is -2.42. The molecule has 0 amide bonds. The zero-order valence-corrected chi connectivity index (χ0v) is 12.3. The van der Waals surface area contributed by atoms with Crippen molar-refractivity contribution < 1.29 is 9.84 Å².